The zero-order chi connectivity index (χ0) is 11.4. The fourth-order valence-electron chi connectivity index (χ4n) is 1.14. The summed E-state index contributed by atoms with van der Waals surface area (Å²) in [6.07, 6.45) is 0. The fourth-order valence-corrected chi connectivity index (χ4v) is 1.71. The number of methoxy groups -OCH3 is 1. The maximum Gasteiger partial charge on any atom is 0.266 e. The molecule has 0 aliphatic carbocycles. The summed E-state index contributed by atoms with van der Waals surface area (Å²) in [5.74, 6) is -0.249. The molecule has 0 unspecified atom stereocenters. The van der Waals surface area contributed by atoms with Crippen molar-refractivity contribution in [1.29, 1.82) is 0 Å². The lowest BCUT2D eigenvalue weighted by Gasteiger charge is -2.07. The standard InChI is InChI=1S/C9H8BrNO4/c1-15-8-4-2-3-6(10)9(8)7(12)5-11(13)14/h2-4H,5H2,1H3. The lowest BCUT2D eigenvalue weighted by molar-refractivity contribution is -0.465. The molecule has 0 saturated carbocycles. The quantitative estimate of drug-likeness (QED) is 0.477. The summed E-state index contributed by atoms with van der Waals surface area (Å²) in [6.45, 7) is -0.737. The van der Waals surface area contributed by atoms with Gasteiger partial charge in [-0.15, -0.1) is 0 Å². The lowest BCUT2D eigenvalue weighted by atomic mass is 10.1. The Kier molecular flexibility index (Phi) is 3.79. The summed E-state index contributed by atoms with van der Waals surface area (Å²) in [7, 11) is 1.41. The number of halogens is 1. The van der Waals surface area contributed by atoms with Gasteiger partial charge in [-0.2, -0.15) is 0 Å². The van der Waals surface area contributed by atoms with Crippen LogP contribution < -0.4 is 4.74 Å². The third-order valence-electron chi connectivity index (χ3n) is 1.75. The number of carbonyl (C=O) groups excluding carboxylic acids is 1. The van der Waals surface area contributed by atoms with Crippen LogP contribution in [0.4, 0.5) is 0 Å². The summed E-state index contributed by atoms with van der Waals surface area (Å²) in [5, 5.41) is 10.2. The first kappa shape index (κ1) is 11.6. The molecular formula is C9H8BrNO4. The van der Waals surface area contributed by atoms with Gasteiger partial charge in [0.25, 0.3) is 6.54 Å². The molecule has 6 heteroatoms. The third kappa shape index (κ3) is 2.76. The van der Waals surface area contributed by atoms with E-state index in [2.05, 4.69) is 15.9 Å². The number of rotatable bonds is 4. The van der Waals surface area contributed by atoms with Crippen LogP contribution >= 0.6 is 15.9 Å². The Labute approximate surface area is 94.3 Å². The van der Waals surface area contributed by atoms with Crippen LogP contribution in [0.1, 0.15) is 10.4 Å². The Morgan fingerprint density at radius 2 is 2.27 bits per heavy atom. The van der Waals surface area contributed by atoms with Crippen molar-refractivity contribution in [1.82, 2.24) is 0 Å². The van der Waals surface area contributed by atoms with E-state index in [0.29, 0.717) is 10.2 Å². The first-order valence-electron chi connectivity index (χ1n) is 4.03. The minimum atomic E-state index is -0.737. The predicted octanol–water partition coefficient (Wildman–Crippen LogP) is 1.92. The van der Waals surface area contributed by atoms with Gasteiger partial charge in [0.1, 0.15) is 5.75 Å². The number of Topliss-reactive ketones (excluding diaryl/α,β-unsaturated/α-hetero) is 1. The third-order valence-corrected chi connectivity index (χ3v) is 2.41. The van der Waals surface area contributed by atoms with E-state index >= 15 is 0 Å². The van der Waals surface area contributed by atoms with Gasteiger partial charge >= 0.3 is 0 Å². The summed E-state index contributed by atoms with van der Waals surface area (Å²) in [5.41, 5.74) is 0.205. The van der Waals surface area contributed by atoms with E-state index in [1.807, 2.05) is 0 Å². The van der Waals surface area contributed by atoms with Gasteiger partial charge in [-0.1, -0.05) is 6.07 Å². The molecule has 80 valence electrons. The zero-order valence-corrected chi connectivity index (χ0v) is 9.48. The summed E-state index contributed by atoms with van der Waals surface area (Å²) in [4.78, 5) is 21.1. The normalized spacial score (nSPS) is 9.73. The van der Waals surface area contributed by atoms with Crippen molar-refractivity contribution in [2.45, 2.75) is 0 Å². The van der Waals surface area contributed by atoms with Gasteiger partial charge in [0.15, 0.2) is 0 Å². The molecule has 0 bridgehead atoms. The smallest absolute Gasteiger partial charge is 0.266 e. The maximum atomic E-state index is 11.5. The molecule has 0 aliphatic heterocycles. The van der Waals surface area contributed by atoms with Crippen molar-refractivity contribution < 1.29 is 14.5 Å². The molecule has 1 aromatic rings. The molecule has 0 spiro atoms. The monoisotopic (exact) mass is 273 g/mol. The first-order valence-corrected chi connectivity index (χ1v) is 4.83. The van der Waals surface area contributed by atoms with Crippen molar-refractivity contribution in [3.8, 4) is 5.75 Å². The summed E-state index contributed by atoms with van der Waals surface area (Å²) >= 11 is 3.16. The number of hydrogen-bond acceptors (Lipinski definition) is 4. The van der Waals surface area contributed by atoms with Crippen LogP contribution in [0.25, 0.3) is 0 Å². The predicted molar refractivity (Wildman–Crippen MR) is 56.9 cm³/mol. The molecule has 0 fully saturated rings. The zero-order valence-electron chi connectivity index (χ0n) is 7.90. The average molecular weight is 274 g/mol. The Morgan fingerprint density at radius 1 is 1.60 bits per heavy atom. The van der Waals surface area contributed by atoms with Gasteiger partial charge in [0.05, 0.1) is 12.7 Å². The molecule has 15 heavy (non-hydrogen) atoms. The molecule has 5 nitrogen and oxygen atoms in total. The number of benzene rings is 1. The Bertz CT molecular complexity index is 405. The molecular weight excluding hydrogens is 266 g/mol. The van der Waals surface area contributed by atoms with Crippen LogP contribution in [-0.2, 0) is 0 Å². The van der Waals surface area contributed by atoms with Crippen LogP contribution in [0, 0.1) is 10.1 Å². The highest BCUT2D eigenvalue weighted by molar-refractivity contribution is 9.10. The van der Waals surface area contributed by atoms with E-state index in [1.165, 1.54) is 7.11 Å². The summed E-state index contributed by atoms with van der Waals surface area (Å²) < 4.78 is 5.45. The van der Waals surface area contributed by atoms with Crippen LogP contribution in [-0.4, -0.2) is 24.4 Å². The van der Waals surface area contributed by atoms with E-state index in [0.717, 1.165) is 0 Å². The number of hydrogen-bond donors (Lipinski definition) is 0. The second-order valence-electron chi connectivity index (χ2n) is 2.73. The van der Waals surface area contributed by atoms with Gasteiger partial charge in [0.2, 0.25) is 5.78 Å². The van der Waals surface area contributed by atoms with E-state index in [4.69, 9.17) is 4.74 Å². The van der Waals surface area contributed by atoms with Crippen LogP contribution in [0.5, 0.6) is 5.75 Å². The Morgan fingerprint density at radius 3 is 2.80 bits per heavy atom. The molecule has 0 heterocycles. The molecule has 0 radical (unpaired) electrons. The molecule has 0 amide bonds. The topological polar surface area (TPSA) is 69.4 Å². The van der Waals surface area contributed by atoms with E-state index < -0.39 is 17.3 Å². The van der Waals surface area contributed by atoms with Crippen molar-refractivity contribution in [3.05, 3.63) is 38.3 Å². The summed E-state index contributed by atoms with van der Waals surface area (Å²) in [6, 6.07) is 4.90. The number of carbonyl (C=O) groups is 1. The van der Waals surface area contributed by atoms with E-state index in [-0.39, 0.29) is 5.56 Å². The van der Waals surface area contributed by atoms with Crippen LogP contribution in [0.15, 0.2) is 22.7 Å². The minimum absolute atomic E-state index is 0.205. The van der Waals surface area contributed by atoms with Crippen molar-refractivity contribution in [3.63, 3.8) is 0 Å². The highest BCUT2D eigenvalue weighted by Crippen LogP contribution is 2.26. The molecule has 1 rings (SSSR count). The molecule has 0 N–H and O–H groups in total. The highest BCUT2D eigenvalue weighted by atomic mass is 79.9. The van der Waals surface area contributed by atoms with Crippen LogP contribution in [0.3, 0.4) is 0 Å². The minimum Gasteiger partial charge on any atom is -0.496 e. The second kappa shape index (κ2) is 4.88. The van der Waals surface area contributed by atoms with Gasteiger partial charge < -0.3 is 4.74 Å². The number of ether oxygens (including phenoxy) is 1. The average Bonchev–Trinajstić information content (AvgIpc) is 2.15. The second-order valence-corrected chi connectivity index (χ2v) is 3.59. The fraction of sp³-hybridized carbons (Fsp3) is 0.222. The van der Waals surface area contributed by atoms with Gasteiger partial charge in [-0.25, -0.2) is 0 Å². The van der Waals surface area contributed by atoms with Crippen molar-refractivity contribution in [2.75, 3.05) is 13.7 Å². The molecule has 0 atom stereocenters. The molecule has 0 aliphatic rings. The van der Waals surface area contributed by atoms with Crippen LogP contribution in [0.2, 0.25) is 0 Å². The van der Waals surface area contributed by atoms with Gasteiger partial charge in [-0.3, -0.25) is 14.9 Å². The molecule has 0 aromatic heterocycles. The largest absolute Gasteiger partial charge is 0.496 e. The van der Waals surface area contributed by atoms with E-state index in [9.17, 15) is 14.9 Å². The SMILES string of the molecule is COc1cccc(Br)c1C(=O)C[N+](=O)[O-]. The molecule has 1 aromatic carbocycles. The van der Waals surface area contributed by atoms with Gasteiger partial charge in [-0.05, 0) is 28.1 Å². The first-order chi connectivity index (χ1) is 7.06. The highest BCUT2D eigenvalue weighted by Gasteiger charge is 2.20. The number of nitro groups is 1. The number of ketones is 1. The van der Waals surface area contributed by atoms with Gasteiger partial charge in [0, 0.05) is 9.40 Å². The van der Waals surface area contributed by atoms with Crippen molar-refractivity contribution >= 4 is 21.7 Å². The maximum absolute atomic E-state index is 11.5. The lowest BCUT2D eigenvalue weighted by Crippen LogP contribution is -2.15. The Balaban J connectivity index is 3.11. The molecule has 0 saturated heterocycles. The van der Waals surface area contributed by atoms with E-state index in [1.54, 1.807) is 18.2 Å². The van der Waals surface area contributed by atoms with Crippen molar-refractivity contribution in [2.24, 2.45) is 0 Å². The number of nitrogens with zero attached hydrogens (tertiary/aromatic N) is 1. The Hall–Kier alpha value is -1.43.